The number of carbonyl (C=O) groups excluding carboxylic acids is 1. The first-order valence-corrected chi connectivity index (χ1v) is 7.27. The maximum Gasteiger partial charge on any atom is 0.234 e. The molecule has 0 radical (unpaired) electrons. The van der Waals surface area contributed by atoms with Crippen molar-refractivity contribution < 1.29 is 4.79 Å². The van der Waals surface area contributed by atoms with E-state index >= 15 is 0 Å². The summed E-state index contributed by atoms with van der Waals surface area (Å²) in [6, 6.07) is 10.4. The number of nitrogens with zero attached hydrogens (tertiary/aromatic N) is 3. The second-order valence-corrected chi connectivity index (χ2v) is 5.64. The minimum atomic E-state index is 0.107. The molecule has 2 aromatic rings. The highest BCUT2D eigenvalue weighted by atomic mass is 16.2. The molecule has 3 rings (SSSR count). The van der Waals surface area contributed by atoms with Crippen molar-refractivity contribution >= 4 is 5.91 Å². The molecule has 1 aliphatic rings. The van der Waals surface area contributed by atoms with E-state index in [9.17, 15) is 4.79 Å². The molecule has 5 heteroatoms. The van der Waals surface area contributed by atoms with Gasteiger partial charge in [0.1, 0.15) is 0 Å². The summed E-state index contributed by atoms with van der Waals surface area (Å²) in [7, 11) is 1.95. The van der Waals surface area contributed by atoms with Crippen LogP contribution in [0.15, 0.2) is 42.7 Å². The summed E-state index contributed by atoms with van der Waals surface area (Å²) in [5.74, 6) is 0.107. The van der Waals surface area contributed by atoms with Gasteiger partial charge in [0, 0.05) is 24.3 Å². The Morgan fingerprint density at radius 3 is 2.86 bits per heavy atom. The summed E-state index contributed by atoms with van der Waals surface area (Å²) < 4.78 is 1.85. The molecular formula is C16H20N4O. The smallest absolute Gasteiger partial charge is 0.234 e. The molecule has 1 fully saturated rings. The van der Waals surface area contributed by atoms with Gasteiger partial charge in [-0.3, -0.25) is 9.69 Å². The van der Waals surface area contributed by atoms with Gasteiger partial charge in [0.05, 0.1) is 18.4 Å². The standard InChI is InChI=1S/C16H20N4O/c1-19(12-16(21)18-14-7-8-14)10-13-9-17-20(11-13)15-5-3-2-4-6-15/h2-6,9,11,14H,7-8,10,12H2,1H3,(H,18,21). The van der Waals surface area contributed by atoms with Crippen LogP contribution in [0.1, 0.15) is 18.4 Å². The van der Waals surface area contributed by atoms with E-state index in [1.54, 1.807) is 0 Å². The minimum absolute atomic E-state index is 0.107. The van der Waals surface area contributed by atoms with E-state index in [0.717, 1.165) is 24.1 Å². The number of para-hydroxylation sites is 1. The Bertz CT molecular complexity index is 604. The molecule has 110 valence electrons. The van der Waals surface area contributed by atoms with Crippen molar-refractivity contribution in [3.63, 3.8) is 0 Å². The van der Waals surface area contributed by atoms with E-state index in [2.05, 4.69) is 10.4 Å². The van der Waals surface area contributed by atoms with Crippen LogP contribution in [0.5, 0.6) is 0 Å². The van der Waals surface area contributed by atoms with Gasteiger partial charge in [-0.25, -0.2) is 4.68 Å². The third-order valence-electron chi connectivity index (χ3n) is 3.47. The Balaban J connectivity index is 1.55. The number of rotatable bonds is 6. The Morgan fingerprint density at radius 2 is 2.14 bits per heavy atom. The highest BCUT2D eigenvalue weighted by Crippen LogP contribution is 2.18. The van der Waals surface area contributed by atoms with E-state index in [1.165, 1.54) is 0 Å². The van der Waals surface area contributed by atoms with Crippen LogP contribution in [0, 0.1) is 0 Å². The SMILES string of the molecule is CN(CC(=O)NC1CC1)Cc1cnn(-c2ccccc2)c1. The zero-order valence-corrected chi connectivity index (χ0v) is 12.2. The van der Waals surface area contributed by atoms with Crippen molar-refractivity contribution in [1.82, 2.24) is 20.0 Å². The van der Waals surface area contributed by atoms with Crippen molar-refractivity contribution in [2.45, 2.75) is 25.4 Å². The highest BCUT2D eigenvalue weighted by Gasteiger charge is 2.23. The van der Waals surface area contributed by atoms with Crippen molar-refractivity contribution in [3.8, 4) is 5.69 Å². The normalized spacial score (nSPS) is 14.4. The summed E-state index contributed by atoms with van der Waals surface area (Å²) in [6.45, 7) is 1.14. The minimum Gasteiger partial charge on any atom is -0.352 e. The maximum absolute atomic E-state index is 11.7. The maximum atomic E-state index is 11.7. The van der Waals surface area contributed by atoms with Gasteiger partial charge in [-0.05, 0) is 32.0 Å². The molecule has 1 aromatic carbocycles. The number of hydrogen-bond acceptors (Lipinski definition) is 3. The lowest BCUT2D eigenvalue weighted by atomic mass is 10.3. The monoisotopic (exact) mass is 284 g/mol. The summed E-state index contributed by atoms with van der Waals surface area (Å²) >= 11 is 0. The number of amides is 1. The molecule has 0 bridgehead atoms. The molecule has 5 nitrogen and oxygen atoms in total. The Morgan fingerprint density at radius 1 is 1.38 bits per heavy atom. The summed E-state index contributed by atoms with van der Waals surface area (Å²) in [6.07, 6.45) is 6.10. The zero-order valence-electron chi connectivity index (χ0n) is 12.2. The first-order chi connectivity index (χ1) is 10.2. The number of hydrogen-bond donors (Lipinski definition) is 1. The molecule has 0 spiro atoms. The summed E-state index contributed by atoms with van der Waals surface area (Å²) in [5, 5.41) is 7.37. The van der Waals surface area contributed by atoms with Crippen LogP contribution < -0.4 is 5.32 Å². The number of carbonyl (C=O) groups is 1. The number of likely N-dealkylation sites (N-methyl/N-ethyl adjacent to an activating group) is 1. The van der Waals surface area contributed by atoms with E-state index in [0.29, 0.717) is 19.1 Å². The number of benzene rings is 1. The van der Waals surface area contributed by atoms with Gasteiger partial charge in [0.25, 0.3) is 0 Å². The van der Waals surface area contributed by atoms with Crippen LogP contribution in [-0.4, -0.2) is 40.2 Å². The van der Waals surface area contributed by atoms with Gasteiger partial charge in [-0.15, -0.1) is 0 Å². The third-order valence-corrected chi connectivity index (χ3v) is 3.47. The van der Waals surface area contributed by atoms with E-state index in [-0.39, 0.29) is 5.91 Å². The topological polar surface area (TPSA) is 50.2 Å². The fraction of sp³-hybridized carbons (Fsp3) is 0.375. The van der Waals surface area contributed by atoms with Crippen molar-refractivity contribution in [2.75, 3.05) is 13.6 Å². The number of nitrogens with one attached hydrogen (secondary N) is 1. The van der Waals surface area contributed by atoms with Crippen molar-refractivity contribution in [2.24, 2.45) is 0 Å². The Hall–Kier alpha value is -2.14. The first-order valence-electron chi connectivity index (χ1n) is 7.27. The van der Waals surface area contributed by atoms with Crippen LogP contribution in [0.3, 0.4) is 0 Å². The molecule has 0 atom stereocenters. The predicted molar refractivity (Wildman–Crippen MR) is 81.1 cm³/mol. The van der Waals surface area contributed by atoms with E-state index in [4.69, 9.17) is 0 Å². The lowest BCUT2D eigenvalue weighted by Gasteiger charge is -2.14. The van der Waals surface area contributed by atoms with Gasteiger partial charge in [0.2, 0.25) is 5.91 Å². The van der Waals surface area contributed by atoms with Gasteiger partial charge < -0.3 is 5.32 Å². The predicted octanol–water partition coefficient (Wildman–Crippen LogP) is 1.58. The molecule has 1 saturated carbocycles. The van der Waals surface area contributed by atoms with Crippen molar-refractivity contribution in [1.29, 1.82) is 0 Å². The largest absolute Gasteiger partial charge is 0.352 e. The summed E-state index contributed by atoms with van der Waals surface area (Å²) in [4.78, 5) is 13.8. The number of aromatic nitrogens is 2. The molecule has 1 aromatic heterocycles. The lowest BCUT2D eigenvalue weighted by Crippen LogP contribution is -2.35. The molecule has 1 amide bonds. The average Bonchev–Trinajstić information content (AvgIpc) is 3.15. The first kappa shape index (κ1) is 13.8. The molecule has 0 saturated heterocycles. The molecule has 1 aliphatic carbocycles. The molecule has 1 N–H and O–H groups in total. The lowest BCUT2D eigenvalue weighted by molar-refractivity contribution is -0.122. The van der Waals surface area contributed by atoms with Crippen LogP contribution in [0.4, 0.5) is 0 Å². The molecule has 21 heavy (non-hydrogen) atoms. The van der Waals surface area contributed by atoms with Crippen LogP contribution in [-0.2, 0) is 11.3 Å². The molecule has 0 unspecified atom stereocenters. The quantitative estimate of drug-likeness (QED) is 0.876. The second kappa shape index (κ2) is 6.10. The van der Waals surface area contributed by atoms with Gasteiger partial charge in [-0.1, -0.05) is 18.2 Å². The third kappa shape index (κ3) is 3.92. The van der Waals surface area contributed by atoms with Crippen LogP contribution in [0.2, 0.25) is 0 Å². The zero-order chi connectivity index (χ0) is 14.7. The Kier molecular flexibility index (Phi) is 4.01. The fourth-order valence-electron chi connectivity index (χ4n) is 2.28. The van der Waals surface area contributed by atoms with Gasteiger partial charge >= 0.3 is 0 Å². The van der Waals surface area contributed by atoms with E-state index < -0.39 is 0 Å². The second-order valence-electron chi connectivity index (χ2n) is 5.64. The molecule has 1 heterocycles. The van der Waals surface area contributed by atoms with Gasteiger partial charge in [0.15, 0.2) is 0 Å². The fourth-order valence-corrected chi connectivity index (χ4v) is 2.28. The molecular weight excluding hydrogens is 264 g/mol. The van der Waals surface area contributed by atoms with Crippen LogP contribution >= 0.6 is 0 Å². The average molecular weight is 284 g/mol. The Labute approximate surface area is 124 Å². The highest BCUT2D eigenvalue weighted by molar-refractivity contribution is 5.78. The van der Waals surface area contributed by atoms with Gasteiger partial charge in [-0.2, -0.15) is 5.10 Å². The molecule has 0 aliphatic heterocycles. The van der Waals surface area contributed by atoms with Crippen molar-refractivity contribution in [3.05, 3.63) is 48.3 Å². The van der Waals surface area contributed by atoms with Crippen LogP contribution in [0.25, 0.3) is 5.69 Å². The van der Waals surface area contributed by atoms with E-state index in [1.807, 2.05) is 59.4 Å². The summed E-state index contributed by atoms with van der Waals surface area (Å²) in [5.41, 5.74) is 2.14.